The summed E-state index contributed by atoms with van der Waals surface area (Å²) in [7, 11) is 2.96. The molecule has 0 bridgehead atoms. The lowest BCUT2D eigenvalue weighted by Crippen LogP contribution is -2.36. The lowest BCUT2D eigenvalue weighted by molar-refractivity contribution is -0.127. The largest absolute Gasteiger partial charge is 0.478 e. The minimum Gasteiger partial charge on any atom is -0.478 e. The average molecular weight is 237 g/mol. The van der Waals surface area contributed by atoms with Crippen molar-refractivity contribution in [3.05, 3.63) is 29.8 Å². The first kappa shape index (κ1) is 13.2. The zero-order valence-electron chi connectivity index (χ0n) is 10.0. The molecule has 1 aromatic carbocycles. The topological polar surface area (TPSA) is 66.8 Å². The van der Waals surface area contributed by atoms with Gasteiger partial charge in [0.05, 0.1) is 11.3 Å². The van der Waals surface area contributed by atoms with Crippen LogP contribution in [0.4, 0.5) is 5.69 Å². The van der Waals surface area contributed by atoms with Crippen molar-refractivity contribution in [2.24, 2.45) is 0 Å². The van der Waals surface area contributed by atoms with Gasteiger partial charge >= 0.3 is 5.97 Å². The van der Waals surface area contributed by atoms with Gasteiger partial charge < -0.3 is 14.7 Å². The summed E-state index contributed by atoms with van der Waals surface area (Å²) >= 11 is 0. The third-order valence-electron chi connectivity index (χ3n) is 2.53. The maximum absolute atomic E-state index is 11.9. The molecule has 0 aliphatic carbocycles. The fourth-order valence-corrected chi connectivity index (χ4v) is 1.44. The van der Waals surface area contributed by atoms with Crippen molar-refractivity contribution in [3.8, 4) is 0 Å². The molecule has 0 fully saturated rings. The van der Waals surface area contributed by atoms with E-state index in [9.17, 15) is 9.59 Å². The molecular weight excluding hydrogens is 222 g/mol. The van der Waals surface area contributed by atoms with E-state index in [4.69, 9.17) is 9.84 Å². The molecule has 1 atom stereocenters. The highest BCUT2D eigenvalue weighted by Gasteiger charge is 2.21. The summed E-state index contributed by atoms with van der Waals surface area (Å²) in [6.45, 7) is 1.61. The minimum atomic E-state index is -1.06. The van der Waals surface area contributed by atoms with E-state index in [2.05, 4.69) is 0 Å². The maximum Gasteiger partial charge on any atom is 0.337 e. The van der Waals surface area contributed by atoms with Gasteiger partial charge in [0.25, 0.3) is 5.91 Å². The van der Waals surface area contributed by atoms with Crippen molar-refractivity contribution in [2.45, 2.75) is 13.0 Å². The van der Waals surface area contributed by atoms with Crippen LogP contribution in [0.1, 0.15) is 17.3 Å². The molecule has 5 nitrogen and oxygen atoms in total. The maximum atomic E-state index is 11.9. The number of nitrogens with zero attached hydrogens (tertiary/aromatic N) is 1. The van der Waals surface area contributed by atoms with Crippen molar-refractivity contribution >= 4 is 17.6 Å². The van der Waals surface area contributed by atoms with Gasteiger partial charge in [0.15, 0.2) is 0 Å². The van der Waals surface area contributed by atoms with Gasteiger partial charge in [0, 0.05) is 14.2 Å². The molecule has 0 heterocycles. The molecule has 17 heavy (non-hydrogen) atoms. The van der Waals surface area contributed by atoms with Crippen molar-refractivity contribution in [1.29, 1.82) is 0 Å². The first-order valence-corrected chi connectivity index (χ1v) is 5.11. The van der Waals surface area contributed by atoms with Crippen LogP contribution in [0.2, 0.25) is 0 Å². The number of carbonyl (C=O) groups is 2. The molecule has 1 rings (SSSR count). The van der Waals surface area contributed by atoms with Gasteiger partial charge in [-0.2, -0.15) is 0 Å². The molecule has 0 aromatic heterocycles. The Kier molecular flexibility index (Phi) is 4.23. The molecule has 0 aliphatic rings. The van der Waals surface area contributed by atoms with E-state index >= 15 is 0 Å². The van der Waals surface area contributed by atoms with Gasteiger partial charge in [-0.25, -0.2) is 4.79 Å². The van der Waals surface area contributed by atoms with E-state index in [0.717, 1.165) is 0 Å². The second kappa shape index (κ2) is 5.45. The van der Waals surface area contributed by atoms with Gasteiger partial charge in [0.1, 0.15) is 6.10 Å². The number of hydrogen-bond acceptors (Lipinski definition) is 3. The van der Waals surface area contributed by atoms with Crippen molar-refractivity contribution < 1.29 is 19.4 Å². The summed E-state index contributed by atoms with van der Waals surface area (Å²) in [5.41, 5.74) is 0.445. The van der Waals surface area contributed by atoms with E-state index in [0.29, 0.717) is 5.69 Å². The predicted octanol–water partition coefficient (Wildman–Crippen LogP) is 1.38. The molecule has 0 saturated carbocycles. The second-order valence-electron chi connectivity index (χ2n) is 3.60. The van der Waals surface area contributed by atoms with Crippen LogP contribution < -0.4 is 4.90 Å². The molecule has 1 aromatic rings. The van der Waals surface area contributed by atoms with Crippen LogP contribution in [0.5, 0.6) is 0 Å². The molecule has 1 amide bonds. The number of carboxylic acid groups (broad SMARTS) is 1. The Morgan fingerprint density at radius 2 is 1.94 bits per heavy atom. The first-order chi connectivity index (χ1) is 7.99. The Balaban J connectivity index is 3.08. The Morgan fingerprint density at radius 1 is 1.35 bits per heavy atom. The third kappa shape index (κ3) is 2.82. The van der Waals surface area contributed by atoms with E-state index in [1.807, 2.05) is 0 Å². The van der Waals surface area contributed by atoms with Gasteiger partial charge in [-0.05, 0) is 19.1 Å². The van der Waals surface area contributed by atoms with Crippen LogP contribution in [0, 0.1) is 0 Å². The minimum absolute atomic E-state index is 0.0895. The number of carboxylic acids is 1. The van der Waals surface area contributed by atoms with E-state index < -0.39 is 12.1 Å². The highest BCUT2D eigenvalue weighted by atomic mass is 16.5. The lowest BCUT2D eigenvalue weighted by Gasteiger charge is -2.22. The van der Waals surface area contributed by atoms with Crippen LogP contribution in [0.25, 0.3) is 0 Å². The average Bonchev–Trinajstić information content (AvgIpc) is 2.35. The highest BCUT2D eigenvalue weighted by molar-refractivity contribution is 6.02. The fraction of sp³-hybridized carbons (Fsp3) is 0.333. The molecular formula is C12H15NO4. The number of methoxy groups -OCH3 is 1. The zero-order valence-corrected chi connectivity index (χ0v) is 10.0. The Morgan fingerprint density at radius 3 is 2.47 bits per heavy atom. The van der Waals surface area contributed by atoms with Crippen molar-refractivity contribution in [2.75, 3.05) is 19.1 Å². The van der Waals surface area contributed by atoms with Crippen molar-refractivity contribution in [1.82, 2.24) is 0 Å². The smallest absolute Gasteiger partial charge is 0.337 e. The van der Waals surface area contributed by atoms with Crippen molar-refractivity contribution in [3.63, 3.8) is 0 Å². The second-order valence-corrected chi connectivity index (χ2v) is 3.60. The Labute approximate surface area is 99.6 Å². The Bertz CT molecular complexity index is 430. The zero-order chi connectivity index (χ0) is 13.0. The summed E-state index contributed by atoms with van der Waals surface area (Å²) in [4.78, 5) is 24.2. The van der Waals surface area contributed by atoms with Crippen LogP contribution in [0.3, 0.4) is 0 Å². The van der Waals surface area contributed by atoms with E-state index in [1.54, 1.807) is 25.1 Å². The molecule has 0 spiro atoms. The first-order valence-electron chi connectivity index (χ1n) is 5.11. The number of carbonyl (C=O) groups excluding carboxylic acids is 1. The molecule has 1 unspecified atom stereocenters. The quantitative estimate of drug-likeness (QED) is 0.859. The molecule has 5 heteroatoms. The SMILES string of the molecule is COC(C)C(=O)N(C)c1ccccc1C(=O)O. The van der Waals surface area contributed by atoms with Crippen LogP contribution in [0.15, 0.2) is 24.3 Å². The van der Waals surface area contributed by atoms with Crippen LogP contribution >= 0.6 is 0 Å². The normalized spacial score (nSPS) is 11.9. The number of aromatic carboxylic acids is 1. The summed E-state index contributed by atoms with van der Waals surface area (Å²) in [5, 5.41) is 9.02. The van der Waals surface area contributed by atoms with E-state index in [1.165, 1.54) is 25.1 Å². The van der Waals surface area contributed by atoms with Crippen LogP contribution in [-0.4, -0.2) is 37.2 Å². The number of likely N-dealkylation sites (N-methyl/N-ethyl adjacent to an activating group) is 1. The monoisotopic (exact) mass is 237 g/mol. The van der Waals surface area contributed by atoms with Gasteiger partial charge in [-0.15, -0.1) is 0 Å². The predicted molar refractivity (Wildman–Crippen MR) is 63.3 cm³/mol. The number of ether oxygens (including phenoxy) is 1. The number of amides is 1. The number of rotatable bonds is 4. The third-order valence-corrected chi connectivity index (χ3v) is 2.53. The molecule has 0 radical (unpaired) electrons. The number of anilines is 1. The van der Waals surface area contributed by atoms with Gasteiger partial charge in [-0.1, -0.05) is 12.1 Å². The molecule has 1 N–H and O–H groups in total. The summed E-state index contributed by atoms with van der Waals surface area (Å²) in [5.74, 6) is -1.36. The summed E-state index contributed by atoms with van der Waals surface area (Å²) < 4.78 is 4.92. The summed E-state index contributed by atoms with van der Waals surface area (Å²) in [6, 6.07) is 6.34. The fourth-order valence-electron chi connectivity index (χ4n) is 1.44. The molecule has 0 saturated heterocycles. The number of benzene rings is 1. The highest BCUT2D eigenvalue weighted by Crippen LogP contribution is 2.20. The molecule has 0 aliphatic heterocycles. The van der Waals surface area contributed by atoms with Gasteiger partial charge in [-0.3, -0.25) is 4.79 Å². The number of hydrogen-bond donors (Lipinski definition) is 1. The Hall–Kier alpha value is -1.88. The number of para-hydroxylation sites is 1. The summed E-state index contributed by atoms with van der Waals surface area (Å²) in [6.07, 6.45) is -0.609. The van der Waals surface area contributed by atoms with E-state index in [-0.39, 0.29) is 11.5 Å². The molecule has 92 valence electrons. The van der Waals surface area contributed by atoms with Crippen LogP contribution in [-0.2, 0) is 9.53 Å². The van der Waals surface area contributed by atoms with Gasteiger partial charge in [0.2, 0.25) is 0 Å². The standard InChI is InChI=1S/C12H15NO4/c1-8(17-3)11(14)13(2)10-7-5-4-6-9(10)12(15)16/h4-8H,1-3H3,(H,15,16). The lowest BCUT2D eigenvalue weighted by atomic mass is 10.1.